The molecule has 2 heterocycles. The smallest absolute Gasteiger partial charge is 0.298 e. The second kappa shape index (κ2) is 4.77. The van der Waals surface area contributed by atoms with Crippen LogP contribution in [0.1, 0.15) is 39.2 Å². The summed E-state index contributed by atoms with van der Waals surface area (Å²) in [6, 6.07) is 7.21. The van der Waals surface area contributed by atoms with Crippen LogP contribution >= 0.6 is 0 Å². The summed E-state index contributed by atoms with van der Waals surface area (Å²) in [5.41, 5.74) is 9.22. The fraction of sp³-hybridized carbons (Fsp3) is 0.562. The molecule has 1 saturated heterocycles. The highest BCUT2D eigenvalue weighted by Crippen LogP contribution is 2.29. The molecule has 0 bridgehead atoms. The zero-order chi connectivity index (χ0) is 14.3. The second-order valence-electron chi connectivity index (χ2n) is 6.78. The predicted octanol–water partition coefficient (Wildman–Crippen LogP) is 3.05. The molecule has 0 radical (unpaired) electrons. The SMILES string of the molecule is CC(C)(C)c1ccc2oc(N3CCC[C@H](N)C3)nc2c1. The third kappa shape index (κ3) is 2.52. The van der Waals surface area contributed by atoms with E-state index in [4.69, 9.17) is 10.2 Å². The summed E-state index contributed by atoms with van der Waals surface area (Å²) in [5, 5.41) is 0. The average Bonchev–Trinajstić information content (AvgIpc) is 2.80. The van der Waals surface area contributed by atoms with Gasteiger partial charge in [0.15, 0.2) is 5.58 Å². The van der Waals surface area contributed by atoms with E-state index in [0.717, 1.165) is 37.0 Å². The molecule has 4 nitrogen and oxygen atoms in total. The number of piperidine rings is 1. The number of oxazole rings is 1. The standard InChI is InChI=1S/C16H23N3O/c1-16(2,3)11-6-7-14-13(9-11)18-15(20-14)19-8-4-5-12(17)10-19/h6-7,9,12H,4-5,8,10,17H2,1-3H3/t12-/m0/s1. The monoisotopic (exact) mass is 273 g/mol. The molecule has 1 aliphatic heterocycles. The van der Waals surface area contributed by atoms with Crippen LogP contribution in [0.4, 0.5) is 6.01 Å². The lowest BCUT2D eigenvalue weighted by atomic mass is 9.87. The summed E-state index contributed by atoms with van der Waals surface area (Å²) in [7, 11) is 0. The molecule has 108 valence electrons. The molecule has 20 heavy (non-hydrogen) atoms. The number of nitrogens with zero attached hydrogens (tertiary/aromatic N) is 2. The van der Waals surface area contributed by atoms with Crippen LogP contribution in [-0.2, 0) is 5.41 Å². The van der Waals surface area contributed by atoms with Gasteiger partial charge in [0, 0.05) is 19.1 Å². The predicted molar refractivity (Wildman–Crippen MR) is 82.1 cm³/mol. The van der Waals surface area contributed by atoms with Crippen LogP contribution in [0.15, 0.2) is 22.6 Å². The number of nitrogens with two attached hydrogens (primary N) is 1. The van der Waals surface area contributed by atoms with Crippen molar-refractivity contribution in [3.63, 3.8) is 0 Å². The van der Waals surface area contributed by atoms with Crippen molar-refractivity contribution in [2.75, 3.05) is 18.0 Å². The van der Waals surface area contributed by atoms with Crippen molar-refractivity contribution < 1.29 is 4.42 Å². The van der Waals surface area contributed by atoms with E-state index in [1.807, 2.05) is 6.07 Å². The molecule has 3 rings (SSSR count). The van der Waals surface area contributed by atoms with Crippen molar-refractivity contribution in [3.8, 4) is 0 Å². The summed E-state index contributed by atoms with van der Waals surface area (Å²) >= 11 is 0. The van der Waals surface area contributed by atoms with Crippen molar-refractivity contribution in [3.05, 3.63) is 23.8 Å². The van der Waals surface area contributed by atoms with Crippen LogP contribution < -0.4 is 10.6 Å². The number of rotatable bonds is 1. The molecule has 0 spiro atoms. The molecule has 2 N–H and O–H groups in total. The molecule has 1 aliphatic rings. The van der Waals surface area contributed by atoms with E-state index in [0.29, 0.717) is 6.01 Å². The van der Waals surface area contributed by atoms with E-state index in [2.05, 4.69) is 42.8 Å². The maximum atomic E-state index is 6.03. The Morgan fingerprint density at radius 2 is 2.15 bits per heavy atom. The first kappa shape index (κ1) is 13.4. The third-order valence-corrected chi connectivity index (χ3v) is 3.97. The number of hydrogen-bond acceptors (Lipinski definition) is 4. The van der Waals surface area contributed by atoms with Gasteiger partial charge in [-0.3, -0.25) is 0 Å². The largest absolute Gasteiger partial charge is 0.423 e. The quantitative estimate of drug-likeness (QED) is 0.867. The third-order valence-electron chi connectivity index (χ3n) is 3.97. The molecule has 1 aromatic carbocycles. The average molecular weight is 273 g/mol. The lowest BCUT2D eigenvalue weighted by Crippen LogP contribution is -2.42. The van der Waals surface area contributed by atoms with Gasteiger partial charge >= 0.3 is 0 Å². The van der Waals surface area contributed by atoms with Gasteiger partial charge < -0.3 is 15.1 Å². The maximum absolute atomic E-state index is 6.03. The molecule has 1 fully saturated rings. The first-order valence-electron chi connectivity index (χ1n) is 7.35. The summed E-state index contributed by atoms with van der Waals surface area (Å²) in [6.07, 6.45) is 2.19. The Bertz CT molecular complexity index is 612. The lowest BCUT2D eigenvalue weighted by Gasteiger charge is -2.29. The molecule has 0 amide bonds. The molecule has 1 atom stereocenters. The molecule has 2 aromatic rings. The lowest BCUT2D eigenvalue weighted by molar-refractivity contribution is 0.467. The van der Waals surface area contributed by atoms with Gasteiger partial charge in [0.25, 0.3) is 6.01 Å². The molecule has 0 aliphatic carbocycles. The zero-order valence-corrected chi connectivity index (χ0v) is 12.5. The van der Waals surface area contributed by atoms with E-state index in [1.54, 1.807) is 0 Å². The normalized spacial score (nSPS) is 20.6. The van der Waals surface area contributed by atoms with Crippen molar-refractivity contribution >= 4 is 17.1 Å². The van der Waals surface area contributed by atoms with Crippen molar-refractivity contribution in [1.29, 1.82) is 0 Å². The number of anilines is 1. The van der Waals surface area contributed by atoms with Gasteiger partial charge in [-0.05, 0) is 36.0 Å². The van der Waals surface area contributed by atoms with E-state index in [1.165, 1.54) is 5.56 Å². The molecular weight excluding hydrogens is 250 g/mol. The minimum Gasteiger partial charge on any atom is -0.423 e. The maximum Gasteiger partial charge on any atom is 0.298 e. The number of aromatic nitrogens is 1. The first-order valence-corrected chi connectivity index (χ1v) is 7.35. The van der Waals surface area contributed by atoms with Crippen LogP contribution in [0.3, 0.4) is 0 Å². The Morgan fingerprint density at radius 3 is 2.85 bits per heavy atom. The van der Waals surface area contributed by atoms with E-state index >= 15 is 0 Å². The van der Waals surface area contributed by atoms with Crippen LogP contribution in [0.5, 0.6) is 0 Å². The summed E-state index contributed by atoms with van der Waals surface area (Å²) < 4.78 is 5.88. The van der Waals surface area contributed by atoms with E-state index in [9.17, 15) is 0 Å². The Labute approximate surface area is 120 Å². The minimum absolute atomic E-state index is 0.126. The Hall–Kier alpha value is -1.55. The molecule has 0 unspecified atom stereocenters. The highest BCUT2D eigenvalue weighted by molar-refractivity contribution is 5.75. The van der Waals surface area contributed by atoms with Gasteiger partial charge in [-0.1, -0.05) is 26.8 Å². The number of benzene rings is 1. The van der Waals surface area contributed by atoms with Crippen LogP contribution in [0.25, 0.3) is 11.1 Å². The van der Waals surface area contributed by atoms with E-state index < -0.39 is 0 Å². The summed E-state index contributed by atoms with van der Waals surface area (Å²) in [4.78, 5) is 6.81. The fourth-order valence-corrected chi connectivity index (χ4v) is 2.70. The van der Waals surface area contributed by atoms with Gasteiger partial charge in [-0.15, -0.1) is 0 Å². The summed E-state index contributed by atoms with van der Waals surface area (Å²) in [6.45, 7) is 8.43. The van der Waals surface area contributed by atoms with Crippen molar-refractivity contribution in [2.45, 2.75) is 45.1 Å². The van der Waals surface area contributed by atoms with E-state index in [-0.39, 0.29) is 11.5 Å². The molecule has 4 heteroatoms. The highest BCUT2D eigenvalue weighted by Gasteiger charge is 2.22. The molecular formula is C16H23N3O. The van der Waals surface area contributed by atoms with Gasteiger partial charge in [-0.2, -0.15) is 4.98 Å². The van der Waals surface area contributed by atoms with Gasteiger partial charge in [0.2, 0.25) is 0 Å². The number of hydrogen-bond donors (Lipinski definition) is 1. The van der Waals surface area contributed by atoms with Crippen LogP contribution in [0.2, 0.25) is 0 Å². The van der Waals surface area contributed by atoms with Crippen molar-refractivity contribution in [2.24, 2.45) is 5.73 Å². The van der Waals surface area contributed by atoms with Gasteiger partial charge in [-0.25, -0.2) is 0 Å². The highest BCUT2D eigenvalue weighted by atomic mass is 16.4. The fourth-order valence-electron chi connectivity index (χ4n) is 2.70. The molecule has 0 saturated carbocycles. The number of fused-ring (bicyclic) bond motifs is 1. The first-order chi connectivity index (χ1) is 9.43. The Balaban J connectivity index is 1.94. The van der Waals surface area contributed by atoms with Gasteiger partial charge in [0.05, 0.1) is 0 Å². The van der Waals surface area contributed by atoms with Gasteiger partial charge in [0.1, 0.15) is 5.52 Å². The van der Waals surface area contributed by atoms with Crippen molar-refractivity contribution in [1.82, 2.24) is 4.98 Å². The minimum atomic E-state index is 0.126. The zero-order valence-electron chi connectivity index (χ0n) is 12.5. The van der Waals surface area contributed by atoms with Crippen LogP contribution in [0, 0.1) is 0 Å². The Kier molecular flexibility index (Phi) is 3.21. The van der Waals surface area contributed by atoms with Crippen LogP contribution in [-0.4, -0.2) is 24.1 Å². The topological polar surface area (TPSA) is 55.3 Å². The summed E-state index contributed by atoms with van der Waals surface area (Å²) in [5.74, 6) is 0. The molecule has 1 aromatic heterocycles. The second-order valence-corrected chi connectivity index (χ2v) is 6.78. The Morgan fingerprint density at radius 1 is 1.35 bits per heavy atom.